The molecule has 0 amide bonds. The first kappa shape index (κ1) is 22.1. The van der Waals surface area contributed by atoms with E-state index in [1.807, 2.05) is 0 Å². The Balaban J connectivity index is 1.35. The van der Waals surface area contributed by atoms with E-state index in [4.69, 9.17) is 4.99 Å². The van der Waals surface area contributed by atoms with Crippen molar-refractivity contribution in [3.8, 4) is 0 Å². The van der Waals surface area contributed by atoms with Gasteiger partial charge in [0.25, 0.3) is 0 Å². The molecule has 0 saturated carbocycles. The van der Waals surface area contributed by atoms with E-state index in [0.717, 1.165) is 71.4 Å². The summed E-state index contributed by atoms with van der Waals surface area (Å²) >= 11 is 0. The van der Waals surface area contributed by atoms with E-state index < -0.39 is 0 Å². The van der Waals surface area contributed by atoms with Crippen LogP contribution in [-0.4, -0.2) is 105 Å². The van der Waals surface area contributed by atoms with E-state index in [0.29, 0.717) is 6.04 Å². The van der Waals surface area contributed by atoms with Gasteiger partial charge in [-0.2, -0.15) is 0 Å². The van der Waals surface area contributed by atoms with Crippen LogP contribution in [0.1, 0.15) is 12.5 Å². The highest BCUT2D eigenvalue weighted by Gasteiger charge is 2.24. The summed E-state index contributed by atoms with van der Waals surface area (Å²) in [6.07, 6.45) is 0. The van der Waals surface area contributed by atoms with Crippen LogP contribution in [0.15, 0.2) is 47.5 Å². The van der Waals surface area contributed by atoms with Crippen molar-refractivity contribution in [2.24, 2.45) is 4.99 Å². The van der Waals surface area contributed by atoms with Gasteiger partial charge >= 0.3 is 0 Å². The van der Waals surface area contributed by atoms with Gasteiger partial charge in [0.1, 0.15) is 0 Å². The lowest BCUT2D eigenvalue weighted by Crippen LogP contribution is -2.54. The molecule has 6 nitrogen and oxygen atoms in total. The Hall–Kier alpha value is -2.15. The van der Waals surface area contributed by atoms with E-state index in [9.17, 15) is 0 Å². The lowest BCUT2D eigenvalue weighted by molar-refractivity contribution is 0.119. The molecule has 2 aliphatic rings. The minimum atomic E-state index is 0.500. The molecule has 0 spiro atoms. The van der Waals surface area contributed by atoms with Crippen LogP contribution in [0.25, 0.3) is 10.8 Å². The van der Waals surface area contributed by atoms with Crippen LogP contribution in [0.3, 0.4) is 0 Å². The van der Waals surface area contributed by atoms with Crippen LogP contribution in [0.5, 0.6) is 0 Å². The second-order valence-corrected chi connectivity index (χ2v) is 8.99. The summed E-state index contributed by atoms with van der Waals surface area (Å²) in [5, 5.41) is 6.24. The molecule has 4 rings (SSSR count). The third-order valence-corrected chi connectivity index (χ3v) is 6.71. The lowest BCUT2D eigenvalue weighted by Gasteiger charge is -2.38. The predicted molar refractivity (Wildman–Crippen MR) is 131 cm³/mol. The standard InChI is InChI=1S/C25H38N6/c1-4-26-25(27-18-23-20-28(2)12-13-29(23)3)31-16-14-30(15-17-31)19-22-10-7-9-21-8-5-6-11-24(21)22/h5-11,23H,4,12-20H2,1-3H3,(H,26,27). The molecule has 0 aromatic heterocycles. The quantitative estimate of drug-likeness (QED) is 0.591. The Morgan fingerprint density at radius 2 is 1.74 bits per heavy atom. The fraction of sp³-hybridized carbons (Fsp3) is 0.560. The summed E-state index contributed by atoms with van der Waals surface area (Å²) < 4.78 is 0. The van der Waals surface area contributed by atoms with Crippen LogP contribution in [0.4, 0.5) is 0 Å². The van der Waals surface area contributed by atoms with Crippen molar-refractivity contribution in [3.63, 3.8) is 0 Å². The molecular formula is C25H38N6. The molecule has 2 heterocycles. The smallest absolute Gasteiger partial charge is 0.194 e. The number of hydrogen-bond acceptors (Lipinski definition) is 4. The summed E-state index contributed by atoms with van der Waals surface area (Å²) in [5.41, 5.74) is 1.43. The fourth-order valence-corrected chi connectivity index (χ4v) is 4.71. The van der Waals surface area contributed by atoms with Gasteiger partial charge in [0.2, 0.25) is 0 Å². The summed E-state index contributed by atoms with van der Waals surface area (Å²) in [4.78, 5) is 14.9. The number of likely N-dealkylation sites (N-methyl/N-ethyl adjacent to an activating group) is 2. The Morgan fingerprint density at radius 1 is 0.968 bits per heavy atom. The first-order chi connectivity index (χ1) is 15.1. The number of piperazine rings is 2. The molecule has 6 heteroatoms. The first-order valence-electron chi connectivity index (χ1n) is 11.7. The fourth-order valence-electron chi connectivity index (χ4n) is 4.71. The largest absolute Gasteiger partial charge is 0.357 e. The van der Waals surface area contributed by atoms with Gasteiger partial charge in [-0.1, -0.05) is 42.5 Å². The van der Waals surface area contributed by atoms with Crippen LogP contribution in [0, 0.1) is 0 Å². The van der Waals surface area contributed by atoms with E-state index in [1.54, 1.807) is 0 Å². The van der Waals surface area contributed by atoms with E-state index in [1.165, 1.54) is 16.3 Å². The van der Waals surface area contributed by atoms with Gasteiger partial charge in [-0.25, -0.2) is 0 Å². The van der Waals surface area contributed by atoms with E-state index >= 15 is 0 Å². The zero-order valence-corrected chi connectivity index (χ0v) is 19.4. The molecule has 1 unspecified atom stereocenters. The van der Waals surface area contributed by atoms with Crippen molar-refractivity contribution < 1.29 is 0 Å². The van der Waals surface area contributed by atoms with E-state index in [2.05, 4.69) is 88.4 Å². The van der Waals surface area contributed by atoms with Gasteiger partial charge in [0, 0.05) is 64.9 Å². The van der Waals surface area contributed by atoms with Gasteiger partial charge in [-0.3, -0.25) is 14.8 Å². The molecule has 2 aliphatic heterocycles. The number of nitrogens with zero attached hydrogens (tertiary/aromatic N) is 5. The van der Waals surface area contributed by atoms with Crippen LogP contribution in [0.2, 0.25) is 0 Å². The maximum absolute atomic E-state index is 5.04. The summed E-state index contributed by atoms with van der Waals surface area (Å²) in [5.74, 6) is 1.08. The topological polar surface area (TPSA) is 37.4 Å². The van der Waals surface area contributed by atoms with Crippen LogP contribution in [-0.2, 0) is 6.54 Å². The second kappa shape index (κ2) is 10.4. The van der Waals surface area contributed by atoms with Gasteiger partial charge in [-0.05, 0) is 37.4 Å². The Labute approximate surface area is 187 Å². The summed E-state index contributed by atoms with van der Waals surface area (Å²) in [6.45, 7) is 12.5. The van der Waals surface area contributed by atoms with Crippen molar-refractivity contribution >= 4 is 16.7 Å². The Kier molecular flexibility index (Phi) is 7.43. The third kappa shape index (κ3) is 5.56. The average molecular weight is 423 g/mol. The molecule has 0 aliphatic carbocycles. The molecular weight excluding hydrogens is 384 g/mol. The molecule has 2 aromatic rings. The highest BCUT2D eigenvalue weighted by molar-refractivity contribution is 5.85. The monoisotopic (exact) mass is 422 g/mol. The Bertz CT molecular complexity index is 868. The highest BCUT2D eigenvalue weighted by atomic mass is 15.4. The minimum absolute atomic E-state index is 0.500. The summed E-state index contributed by atoms with van der Waals surface area (Å²) in [7, 11) is 4.44. The second-order valence-electron chi connectivity index (χ2n) is 8.99. The van der Waals surface area contributed by atoms with Gasteiger partial charge in [0.15, 0.2) is 5.96 Å². The number of nitrogens with one attached hydrogen (secondary N) is 1. The van der Waals surface area contributed by atoms with Crippen molar-refractivity contribution in [1.29, 1.82) is 0 Å². The molecule has 2 aromatic carbocycles. The molecule has 1 N–H and O–H groups in total. The number of fused-ring (bicyclic) bond motifs is 1. The highest BCUT2D eigenvalue weighted by Crippen LogP contribution is 2.20. The number of hydrogen-bond donors (Lipinski definition) is 1. The molecule has 0 bridgehead atoms. The van der Waals surface area contributed by atoms with Crippen molar-refractivity contribution in [2.75, 3.05) is 73.0 Å². The normalized spacial score (nSPS) is 22.2. The molecule has 2 fully saturated rings. The Morgan fingerprint density at radius 3 is 2.55 bits per heavy atom. The van der Waals surface area contributed by atoms with Crippen molar-refractivity contribution in [2.45, 2.75) is 19.5 Å². The first-order valence-corrected chi connectivity index (χ1v) is 11.7. The lowest BCUT2D eigenvalue weighted by atomic mass is 10.0. The predicted octanol–water partition coefficient (Wildman–Crippen LogP) is 2.17. The average Bonchev–Trinajstić information content (AvgIpc) is 2.79. The van der Waals surface area contributed by atoms with Crippen molar-refractivity contribution in [3.05, 3.63) is 48.0 Å². The zero-order chi connectivity index (χ0) is 21.6. The van der Waals surface area contributed by atoms with Crippen molar-refractivity contribution in [1.82, 2.24) is 24.9 Å². The molecule has 168 valence electrons. The van der Waals surface area contributed by atoms with Gasteiger partial charge in [-0.15, -0.1) is 0 Å². The molecule has 1 atom stereocenters. The zero-order valence-electron chi connectivity index (χ0n) is 19.4. The minimum Gasteiger partial charge on any atom is -0.357 e. The van der Waals surface area contributed by atoms with Gasteiger partial charge in [0.05, 0.1) is 6.54 Å². The number of rotatable bonds is 5. The van der Waals surface area contributed by atoms with Gasteiger partial charge < -0.3 is 15.1 Å². The molecule has 0 radical (unpaired) electrons. The third-order valence-electron chi connectivity index (χ3n) is 6.71. The summed E-state index contributed by atoms with van der Waals surface area (Å²) in [6, 6.07) is 15.9. The van der Waals surface area contributed by atoms with E-state index in [-0.39, 0.29) is 0 Å². The molecule has 2 saturated heterocycles. The molecule has 31 heavy (non-hydrogen) atoms. The SMILES string of the molecule is CCNC(=NCC1CN(C)CCN1C)N1CCN(Cc2cccc3ccccc23)CC1. The maximum Gasteiger partial charge on any atom is 0.194 e. The number of guanidine groups is 1. The number of aliphatic imine (C=N–C) groups is 1. The maximum atomic E-state index is 5.04. The van der Waals surface area contributed by atoms with Crippen LogP contribution < -0.4 is 5.32 Å². The van der Waals surface area contributed by atoms with Crippen LogP contribution >= 0.6 is 0 Å². The number of benzene rings is 2.